The van der Waals surface area contributed by atoms with Gasteiger partial charge in [-0.3, -0.25) is 4.79 Å². The van der Waals surface area contributed by atoms with Crippen molar-refractivity contribution in [2.24, 2.45) is 5.92 Å². The maximum Gasteiger partial charge on any atom is 0.253 e. The highest BCUT2D eigenvalue weighted by molar-refractivity contribution is 7.89. The van der Waals surface area contributed by atoms with Gasteiger partial charge < -0.3 is 19.6 Å². The molecule has 1 heterocycles. The molecule has 8 nitrogen and oxygen atoms in total. The molecule has 34 heavy (non-hydrogen) atoms. The molecule has 9 heteroatoms. The van der Waals surface area contributed by atoms with E-state index in [1.165, 1.54) is 9.21 Å². The molecule has 0 spiro atoms. The molecule has 3 rings (SSSR count). The summed E-state index contributed by atoms with van der Waals surface area (Å²) in [5, 5.41) is 9.75. The Hall–Kier alpha value is -2.46. The van der Waals surface area contributed by atoms with Crippen molar-refractivity contribution in [2.75, 3.05) is 47.9 Å². The van der Waals surface area contributed by atoms with E-state index in [0.717, 1.165) is 11.1 Å². The Balaban J connectivity index is 2.14. The van der Waals surface area contributed by atoms with E-state index in [1.807, 2.05) is 38.1 Å². The van der Waals surface area contributed by atoms with E-state index in [9.17, 15) is 18.3 Å². The minimum absolute atomic E-state index is 0.0766. The number of nitrogens with zero attached hydrogens (tertiary/aromatic N) is 3. The molecule has 0 aromatic heterocycles. The third-order valence-electron chi connectivity index (χ3n) is 6.06. The standard InChI is InChI=1S/C25H35N3O5S/c1-17-14-28(18(2)16-29)34(31,32)24-11-10-20(13-22(24)33-23(17)15-26(3)4)19-8-7-9-21(12-19)25(30)27(5)6/h7-13,17-18,23,29H,14-16H2,1-6H3/t17-,18-,23+/m0/s1. The minimum Gasteiger partial charge on any atom is -0.487 e. The minimum atomic E-state index is -3.90. The number of hydrogen-bond acceptors (Lipinski definition) is 6. The van der Waals surface area contributed by atoms with E-state index in [4.69, 9.17) is 4.74 Å². The molecular formula is C25H35N3O5S. The van der Waals surface area contributed by atoms with Gasteiger partial charge in [0.05, 0.1) is 6.61 Å². The normalized spacial score (nSPS) is 21.2. The summed E-state index contributed by atoms with van der Waals surface area (Å²) in [6.45, 7) is 4.25. The number of benzene rings is 2. The van der Waals surface area contributed by atoms with Crippen LogP contribution in [0.5, 0.6) is 5.75 Å². The molecule has 1 aliphatic rings. The maximum atomic E-state index is 13.6. The number of amides is 1. The second kappa shape index (κ2) is 10.4. The molecule has 0 radical (unpaired) electrons. The molecule has 0 fully saturated rings. The number of sulfonamides is 1. The van der Waals surface area contributed by atoms with Crippen molar-refractivity contribution < 1.29 is 23.1 Å². The van der Waals surface area contributed by atoms with Crippen molar-refractivity contribution in [3.05, 3.63) is 48.0 Å². The molecule has 0 aliphatic carbocycles. The molecule has 0 saturated heterocycles. The summed E-state index contributed by atoms with van der Waals surface area (Å²) >= 11 is 0. The molecule has 0 bridgehead atoms. The Morgan fingerprint density at radius 1 is 1.15 bits per heavy atom. The lowest BCUT2D eigenvalue weighted by Gasteiger charge is -2.37. The SMILES string of the molecule is C[C@H]1CN([C@@H](C)CO)S(=O)(=O)c2ccc(-c3cccc(C(=O)N(C)C)c3)cc2O[C@@H]1CN(C)C. The zero-order valence-corrected chi connectivity index (χ0v) is 21.5. The van der Waals surface area contributed by atoms with Crippen LogP contribution in [0.25, 0.3) is 11.1 Å². The van der Waals surface area contributed by atoms with Gasteiger partial charge in [0.25, 0.3) is 5.91 Å². The van der Waals surface area contributed by atoms with Gasteiger partial charge in [-0.15, -0.1) is 0 Å². The van der Waals surface area contributed by atoms with Gasteiger partial charge in [0.15, 0.2) is 0 Å². The zero-order chi connectivity index (χ0) is 25.2. The van der Waals surface area contributed by atoms with Crippen LogP contribution in [0.4, 0.5) is 0 Å². The smallest absolute Gasteiger partial charge is 0.253 e. The number of carbonyl (C=O) groups excluding carboxylic acids is 1. The lowest BCUT2D eigenvalue weighted by molar-refractivity contribution is 0.0812. The van der Waals surface area contributed by atoms with Gasteiger partial charge in [-0.2, -0.15) is 4.31 Å². The monoisotopic (exact) mass is 489 g/mol. The summed E-state index contributed by atoms with van der Waals surface area (Å²) in [5.41, 5.74) is 2.09. The number of likely N-dealkylation sites (N-methyl/N-ethyl adjacent to an activating group) is 1. The lowest BCUT2D eigenvalue weighted by Crippen LogP contribution is -2.49. The van der Waals surface area contributed by atoms with Crippen LogP contribution in [0.1, 0.15) is 24.2 Å². The maximum absolute atomic E-state index is 13.6. The number of hydrogen-bond donors (Lipinski definition) is 1. The number of ether oxygens (including phenoxy) is 1. The van der Waals surface area contributed by atoms with E-state index >= 15 is 0 Å². The summed E-state index contributed by atoms with van der Waals surface area (Å²) in [6.07, 6.45) is -0.255. The first-order valence-corrected chi connectivity index (χ1v) is 12.8. The van der Waals surface area contributed by atoms with Crippen molar-refractivity contribution in [1.82, 2.24) is 14.1 Å². The Morgan fingerprint density at radius 2 is 1.82 bits per heavy atom. The molecule has 186 valence electrons. The fraction of sp³-hybridized carbons (Fsp3) is 0.480. The second-order valence-corrected chi connectivity index (χ2v) is 11.3. The van der Waals surface area contributed by atoms with Crippen LogP contribution in [0.3, 0.4) is 0 Å². The van der Waals surface area contributed by atoms with Crippen LogP contribution in [-0.2, 0) is 10.0 Å². The molecule has 2 aromatic rings. The summed E-state index contributed by atoms with van der Waals surface area (Å²) in [5.74, 6) is 0.0554. The Bertz CT molecular complexity index is 1130. The number of rotatable bonds is 6. The summed E-state index contributed by atoms with van der Waals surface area (Å²) in [6, 6.07) is 11.7. The van der Waals surface area contributed by atoms with Gasteiger partial charge in [-0.25, -0.2) is 8.42 Å². The number of aliphatic hydroxyl groups excluding tert-OH is 1. The van der Waals surface area contributed by atoms with E-state index in [2.05, 4.69) is 0 Å². The van der Waals surface area contributed by atoms with Crippen LogP contribution in [0.15, 0.2) is 47.4 Å². The molecule has 1 aliphatic heterocycles. The first-order chi connectivity index (χ1) is 15.9. The van der Waals surface area contributed by atoms with Crippen LogP contribution in [-0.4, -0.2) is 93.6 Å². The van der Waals surface area contributed by atoms with Crippen LogP contribution < -0.4 is 4.74 Å². The van der Waals surface area contributed by atoms with Gasteiger partial charge >= 0.3 is 0 Å². The molecule has 1 N–H and O–H groups in total. The highest BCUT2D eigenvalue weighted by Crippen LogP contribution is 2.36. The van der Waals surface area contributed by atoms with Crippen LogP contribution in [0.2, 0.25) is 0 Å². The first kappa shape index (κ1) is 26.2. The summed E-state index contributed by atoms with van der Waals surface area (Å²) in [7, 11) is 3.40. The highest BCUT2D eigenvalue weighted by atomic mass is 32.2. The largest absolute Gasteiger partial charge is 0.487 e. The average molecular weight is 490 g/mol. The Morgan fingerprint density at radius 3 is 2.44 bits per heavy atom. The Kier molecular flexibility index (Phi) is 8.02. The molecule has 0 saturated carbocycles. The molecular weight excluding hydrogens is 454 g/mol. The number of fused-ring (bicyclic) bond motifs is 1. The van der Waals surface area contributed by atoms with Gasteiger partial charge in [0.1, 0.15) is 16.7 Å². The zero-order valence-electron chi connectivity index (χ0n) is 20.7. The van der Waals surface area contributed by atoms with Gasteiger partial charge in [0, 0.05) is 44.7 Å². The lowest BCUT2D eigenvalue weighted by atomic mass is 10.0. The van der Waals surface area contributed by atoms with Crippen molar-refractivity contribution in [3.63, 3.8) is 0 Å². The van der Waals surface area contributed by atoms with Gasteiger partial charge in [0.2, 0.25) is 10.0 Å². The highest BCUT2D eigenvalue weighted by Gasteiger charge is 2.38. The van der Waals surface area contributed by atoms with E-state index in [-0.39, 0.29) is 41.7 Å². The predicted octanol–water partition coefficient (Wildman–Crippen LogP) is 2.39. The molecule has 0 unspecified atom stereocenters. The van der Waals surface area contributed by atoms with Gasteiger partial charge in [-0.1, -0.05) is 25.1 Å². The van der Waals surface area contributed by atoms with Crippen molar-refractivity contribution in [1.29, 1.82) is 0 Å². The van der Waals surface area contributed by atoms with E-state index in [1.54, 1.807) is 51.4 Å². The van der Waals surface area contributed by atoms with Gasteiger partial charge in [-0.05, 0) is 56.4 Å². The van der Waals surface area contributed by atoms with E-state index < -0.39 is 16.1 Å². The van der Waals surface area contributed by atoms with Crippen molar-refractivity contribution >= 4 is 15.9 Å². The fourth-order valence-electron chi connectivity index (χ4n) is 4.07. The predicted molar refractivity (Wildman–Crippen MR) is 132 cm³/mol. The molecule has 3 atom stereocenters. The quantitative estimate of drug-likeness (QED) is 0.670. The third-order valence-corrected chi connectivity index (χ3v) is 8.08. The number of aliphatic hydroxyl groups is 1. The second-order valence-electron chi connectivity index (χ2n) is 9.44. The first-order valence-electron chi connectivity index (χ1n) is 11.4. The third kappa shape index (κ3) is 5.43. The van der Waals surface area contributed by atoms with Crippen LogP contribution >= 0.6 is 0 Å². The van der Waals surface area contributed by atoms with Crippen LogP contribution in [0, 0.1) is 5.92 Å². The fourth-order valence-corrected chi connectivity index (χ4v) is 5.90. The molecule has 2 aromatic carbocycles. The van der Waals surface area contributed by atoms with Crippen molar-refractivity contribution in [3.8, 4) is 16.9 Å². The molecule has 1 amide bonds. The Labute approximate surface area is 202 Å². The summed E-state index contributed by atoms with van der Waals surface area (Å²) in [4.78, 5) is 16.0. The van der Waals surface area contributed by atoms with E-state index in [0.29, 0.717) is 12.1 Å². The average Bonchev–Trinajstić information content (AvgIpc) is 2.79. The summed E-state index contributed by atoms with van der Waals surface area (Å²) < 4.78 is 34.9. The topological polar surface area (TPSA) is 90.4 Å². The number of carbonyl (C=O) groups is 1. The van der Waals surface area contributed by atoms with Crippen molar-refractivity contribution in [2.45, 2.75) is 30.9 Å².